The van der Waals surface area contributed by atoms with Crippen molar-refractivity contribution >= 4 is 23.1 Å². The summed E-state index contributed by atoms with van der Waals surface area (Å²) in [4.78, 5) is 42.6. The maximum absolute atomic E-state index is 12.7. The maximum atomic E-state index is 12.7. The molecule has 0 radical (unpaired) electrons. The van der Waals surface area contributed by atoms with E-state index in [4.69, 9.17) is 0 Å². The highest BCUT2D eigenvalue weighted by Crippen LogP contribution is 2.31. The summed E-state index contributed by atoms with van der Waals surface area (Å²) in [5.74, 6) is -0.0609. The summed E-state index contributed by atoms with van der Waals surface area (Å²) >= 11 is 0. The molecule has 32 heavy (non-hydrogen) atoms. The lowest BCUT2D eigenvalue weighted by Crippen LogP contribution is -2.50. The van der Waals surface area contributed by atoms with Crippen molar-refractivity contribution < 1.29 is 14.5 Å². The van der Waals surface area contributed by atoms with E-state index >= 15 is 0 Å². The van der Waals surface area contributed by atoms with Crippen molar-refractivity contribution in [2.45, 2.75) is 19.3 Å². The molecule has 2 aliphatic rings. The number of carbonyl (C=O) groups is 2. The molecular formula is C24H28N4O4. The van der Waals surface area contributed by atoms with Gasteiger partial charge in [-0.25, -0.2) is 0 Å². The molecule has 0 bridgehead atoms. The van der Waals surface area contributed by atoms with Crippen LogP contribution >= 0.6 is 0 Å². The summed E-state index contributed by atoms with van der Waals surface area (Å²) in [5, 5.41) is 11.8. The number of rotatable bonds is 6. The lowest BCUT2D eigenvalue weighted by molar-refractivity contribution is -0.384. The quantitative estimate of drug-likeness (QED) is 0.393. The molecule has 0 aromatic heterocycles. The summed E-state index contributed by atoms with van der Waals surface area (Å²) in [5.41, 5.74) is 1.25. The van der Waals surface area contributed by atoms with Gasteiger partial charge in [0.2, 0.25) is 5.91 Å². The van der Waals surface area contributed by atoms with Crippen molar-refractivity contribution in [1.29, 1.82) is 0 Å². The van der Waals surface area contributed by atoms with Gasteiger partial charge in [-0.05, 0) is 31.4 Å². The molecule has 0 aliphatic carbocycles. The Balaban J connectivity index is 1.42. The fourth-order valence-electron chi connectivity index (χ4n) is 4.42. The SMILES string of the molecule is O=C(c1ccccc1)c1ccc(N2CCN(CC(=O)N3CCCCC3)CC2)c([N+](=O)[O-])c1. The average molecular weight is 437 g/mol. The zero-order valence-corrected chi connectivity index (χ0v) is 18.1. The van der Waals surface area contributed by atoms with E-state index in [-0.39, 0.29) is 17.4 Å². The predicted molar refractivity (Wildman–Crippen MR) is 122 cm³/mol. The minimum Gasteiger partial charge on any atom is -0.363 e. The molecule has 4 rings (SSSR count). The smallest absolute Gasteiger partial charge is 0.293 e. The number of piperazine rings is 1. The molecule has 2 saturated heterocycles. The number of hydrogen-bond acceptors (Lipinski definition) is 6. The second-order valence-corrected chi connectivity index (χ2v) is 8.36. The Morgan fingerprint density at radius 3 is 2.19 bits per heavy atom. The predicted octanol–water partition coefficient (Wildman–Crippen LogP) is 2.96. The fraction of sp³-hybridized carbons (Fsp3) is 0.417. The van der Waals surface area contributed by atoms with Gasteiger partial charge < -0.3 is 9.80 Å². The number of likely N-dealkylation sites (tertiary alicyclic amines) is 1. The second kappa shape index (κ2) is 9.91. The van der Waals surface area contributed by atoms with Gasteiger partial charge in [-0.2, -0.15) is 0 Å². The van der Waals surface area contributed by atoms with E-state index in [1.54, 1.807) is 36.4 Å². The Kier molecular flexibility index (Phi) is 6.80. The van der Waals surface area contributed by atoms with Gasteiger partial charge in [-0.15, -0.1) is 0 Å². The third kappa shape index (κ3) is 4.96. The van der Waals surface area contributed by atoms with Crippen molar-refractivity contribution in [2.24, 2.45) is 0 Å². The van der Waals surface area contributed by atoms with E-state index in [1.807, 2.05) is 15.9 Å². The maximum Gasteiger partial charge on any atom is 0.293 e. The first-order valence-corrected chi connectivity index (χ1v) is 11.2. The lowest BCUT2D eigenvalue weighted by Gasteiger charge is -2.36. The van der Waals surface area contributed by atoms with E-state index in [9.17, 15) is 19.7 Å². The minimum absolute atomic E-state index is 0.0652. The van der Waals surface area contributed by atoms with Gasteiger partial charge in [-0.3, -0.25) is 24.6 Å². The van der Waals surface area contributed by atoms with Crippen LogP contribution in [0.5, 0.6) is 0 Å². The van der Waals surface area contributed by atoms with E-state index in [0.29, 0.717) is 49.5 Å². The van der Waals surface area contributed by atoms with Crippen LogP contribution in [0.25, 0.3) is 0 Å². The van der Waals surface area contributed by atoms with Crippen LogP contribution in [-0.2, 0) is 4.79 Å². The number of nitrogens with zero attached hydrogens (tertiary/aromatic N) is 4. The lowest BCUT2D eigenvalue weighted by atomic mass is 10.0. The molecule has 1 amide bonds. The summed E-state index contributed by atoms with van der Waals surface area (Å²) in [6, 6.07) is 13.5. The van der Waals surface area contributed by atoms with Crippen molar-refractivity contribution in [3.8, 4) is 0 Å². The molecule has 0 atom stereocenters. The van der Waals surface area contributed by atoms with Crippen LogP contribution < -0.4 is 4.90 Å². The molecule has 2 aliphatic heterocycles. The van der Waals surface area contributed by atoms with Gasteiger partial charge in [0, 0.05) is 56.5 Å². The molecule has 2 aromatic rings. The van der Waals surface area contributed by atoms with Crippen molar-refractivity contribution in [2.75, 3.05) is 50.7 Å². The molecule has 2 fully saturated rings. The van der Waals surface area contributed by atoms with Crippen LogP contribution in [0.3, 0.4) is 0 Å². The minimum atomic E-state index is -0.427. The number of amides is 1. The zero-order chi connectivity index (χ0) is 22.5. The van der Waals surface area contributed by atoms with Crippen molar-refractivity contribution in [1.82, 2.24) is 9.80 Å². The van der Waals surface area contributed by atoms with Crippen LogP contribution in [0.15, 0.2) is 48.5 Å². The molecule has 2 aromatic carbocycles. The summed E-state index contributed by atoms with van der Waals surface area (Å²) < 4.78 is 0. The number of nitro groups is 1. The standard InChI is InChI=1S/C24H28N4O4/c29-23(27-11-5-2-6-12-27)18-25-13-15-26(16-14-25)21-10-9-20(17-22(21)28(31)32)24(30)19-7-3-1-4-8-19/h1,3-4,7-10,17H,2,5-6,11-16,18H2. The summed E-state index contributed by atoms with van der Waals surface area (Å²) in [6.07, 6.45) is 3.34. The van der Waals surface area contributed by atoms with E-state index in [0.717, 1.165) is 25.9 Å². The van der Waals surface area contributed by atoms with Crippen LogP contribution in [0.4, 0.5) is 11.4 Å². The highest BCUT2D eigenvalue weighted by Gasteiger charge is 2.27. The third-order valence-electron chi connectivity index (χ3n) is 6.25. The molecule has 8 nitrogen and oxygen atoms in total. The number of piperidine rings is 1. The number of nitro benzene ring substituents is 1. The van der Waals surface area contributed by atoms with Crippen molar-refractivity contribution in [3.05, 3.63) is 69.8 Å². The Hall–Kier alpha value is -3.26. The van der Waals surface area contributed by atoms with Crippen LogP contribution in [0.2, 0.25) is 0 Å². The summed E-state index contributed by atoms with van der Waals surface area (Å²) in [7, 11) is 0. The first kappa shape index (κ1) is 22.0. The highest BCUT2D eigenvalue weighted by molar-refractivity contribution is 6.09. The molecule has 2 heterocycles. The van der Waals surface area contributed by atoms with Crippen LogP contribution in [0.1, 0.15) is 35.2 Å². The van der Waals surface area contributed by atoms with Gasteiger partial charge >= 0.3 is 0 Å². The van der Waals surface area contributed by atoms with Gasteiger partial charge in [0.1, 0.15) is 5.69 Å². The van der Waals surface area contributed by atoms with Crippen molar-refractivity contribution in [3.63, 3.8) is 0 Å². The van der Waals surface area contributed by atoms with Gasteiger partial charge in [0.25, 0.3) is 5.69 Å². The Bertz CT molecular complexity index is 981. The monoisotopic (exact) mass is 436 g/mol. The highest BCUT2D eigenvalue weighted by atomic mass is 16.6. The number of carbonyl (C=O) groups excluding carboxylic acids is 2. The largest absolute Gasteiger partial charge is 0.363 e. The first-order chi connectivity index (χ1) is 15.5. The average Bonchev–Trinajstić information content (AvgIpc) is 2.85. The molecular weight excluding hydrogens is 408 g/mol. The number of anilines is 1. The Labute approximate surface area is 187 Å². The Morgan fingerprint density at radius 1 is 0.844 bits per heavy atom. The van der Waals surface area contributed by atoms with Crippen LogP contribution in [-0.4, -0.2) is 72.2 Å². The topological polar surface area (TPSA) is 87.0 Å². The molecule has 168 valence electrons. The molecule has 0 saturated carbocycles. The molecule has 0 N–H and O–H groups in total. The van der Waals surface area contributed by atoms with E-state index in [1.165, 1.54) is 12.5 Å². The number of ketones is 1. The second-order valence-electron chi connectivity index (χ2n) is 8.36. The molecule has 0 spiro atoms. The van der Waals surface area contributed by atoms with E-state index in [2.05, 4.69) is 4.90 Å². The number of hydrogen-bond donors (Lipinski definition) is 0. The van der Waals surface area contributed by atoms with Gasteiger partial charge in [-0.1, -0.05) is 30.3 Å². The number of benzene rings is 2. The Morgan fingerprint density at radius 2 is 1.53 bits per heavy atom. The summed E-state index contributed by atoms with van der Waals surface area (Å²) in [6.45, 7) is 4.63. The fourth-order valence-corrected chi connectivity index (χ4v) is 4.42. The van der Waals surface area contributed by atoms with Crippen LogP contribution in [0, 0.1) is 10.1 Å². The van der Waals surface area contributed by atoms with E-state index < -0.39 is 4.92 Å². The zero-order valence-electron chi connectivity index (χ0n) is 18.1. The normalized spacial score (nSPS) is 17.2. The molecule has 0 unspecified atom stereocenters. The molecule has 8 heteroatoms. The van der Waals surface area contributed by atoms with Gasteiger partial charge in [0.05, 0.1) is 11.5 Å². The van der Waals surface area contributed by atoms with Gasteiger partial charge in [0.15, 0.2) is 5.78 Å². The third-order valence-corrected chi connectivity index (χ3v) is 6.25. The first-order valence-electron chi connectivity index (χ1n) is 11.2.